The summed E-state index contributed by atoms with van der Waals surface area (Å²) in [6.07, 6.45) is 0. The van der Waals surface area contributed by atoms with Crippen LogP contribution in [0.25, 0.3) is 0 Å². The van der Waals surface area contributed by atoms with Crippen molar-refractivity contribution in [3.8, 4) is 0 Å². The Morgan fingerprint density at radius 1 is 1.08 bits per heavy atom. The van der Waals surface area contributed by atoms with Crippen molar-refractivity contribution < 1.29 is 27.1 Å². The third-order valence-electron chi connectivity index (χ3n) is 3.14. The monoisotopic (exact) mass is 356 g/mol. The number of carboxylic acid groups (broad SMARTS) is 1. The van der Waals surface area contributed by atoms with Gasteiger partial charge < -0.3 is 10.0 Å². The normalized spacial score (nSPS) is 11.2. The first-order chi connectivity index (χ1) is 11.1. The zero-order chi connectivity index (χ0) is 18.1. The number of rotatable bonds is 5. The van der Waals surface area contributed by atoms with E-state index in [0.29, 0.717) is 23.9 Å². The van der Waals surface area contributed by atoms with Crippen LogP contribution in [0.2, 0.25) is 0 Å². The van der Waals surface area contributed by atoms with Crippen LogP contribution >= 0.6 is 0 Å². The van der Waals surface area contributed by atoms with Crippen molar-refractivity contribution in [1.82, 2.24) is 0 Å². The Bertz CT molecular complexity index is 878. The van der Waals surface area contributed by atoms with Gasteiger partial charge in [0.1, 0.15) is 11.6 Å². The summed E-state index contributed by atoms with van der Waals surface area (Å²) < 4.78 is 53.0. The van der Waals surface area contributed by atoms with Gasteiger partial charge in [-0.25, -0.2) is 22.0 Å². The third-order valence-corrected chi connectivity index (χ3v) is 4.49. The highest BCUT2D eigenvalue weighted by molar-refractivity contribution is 7.92. The predicted octanol–water partition coefficient (Wildman–Crippen LogP) is 2.53. The number of carboxylic acids is 1. The van der Waals surface area contributed by atoms with E-state index in [1.807, 2.05) is 4.72 Å². The van der Waals surface area contributed by atoms with Crippen LogP contribution in [0.1, 0.15) is 10.4 Å². The Hall–Kier alpha value is -2.68. The van der Waals surface area contributed by atoms with Gasteiger partial charge in [0.25, 0.3) is 10.0 Å². The first-order valence-electron chi connectivity index (χ1n) is 6.64. The minimum absolute atomic E-state index is 0.210. The molecule has 0 fully saturated rings. The maximum Gasteiger partial charge on any atom is 0.337 e. The number of sulfonamides is 1. The molecule has 0 radical (unpaired) electrons. The van der Waals surface area contributed by atoms with Gasteiger partial charge in [0.2, 0.25) is 0 Å². The summed E-state index contributed by atoms with van der Waals surface area (Å²) in [6.45, 7) is 0. The number of halogens is 2. The van der Waals surface area contributed by atoms with Gasteiger partial charge in [-0.3, -0.25) is 4.72 Å². The van der Waals surface area contributed by atoms with Crippen LogP contribution < -0.4 is 9.62 Å². The molecular formula is C15H14F2N2O4S. The molecule has 0 saturated heterocycles. The molecule has 2 aromatic rings. The molecule has 0 unspecified atom stereocenters. The molecule has 6 nitrogen and oxygen atoms in total. The molecule has 24 heavy (non-hydrogen) atoms. The van der Waals surface area contributed by atoms with Crippen LogP contribution in [0.4, 0.5) is 20.2 Å². The summed E-state index contributed by atoms with van der Waals surface area (Å²) in [5, 5.41) is 9.25. The second kappa shape index (κ2) is 6.44. The van der Waals surface area contributed by atoms with E-state index in [1.165, 1.54) is 18.2 Å². The molecule has 0 aliphatic heterocycles. The van der Waals surface area contributed by atoms with Crippen LogP contribution in [-0.4, -0.2) is 33.6 Å². The second-order valence-corrected chi connectivity index (χ2v) is 6.82. The number of benzene rings is 2. The molecule has 0 aliphatic carbocycles. The number of hydrogen-bond acceptors (Lipinski definition) is 4. The van der Waals surface area contributed by atoms with Crippen LogP contribution in [0.15, 0.2) is 41.3 Å². The third kappa shape index (κ3) is 3.80. The molecule has 2 aromatic carbocycles. The van der Waals surface area contributed by atoms with Crippen molar-refractivity contribution in [3.05, 3.63) is 53.6 Å². The van der Waals surface area contributed by atoms with Crippen LogP contribution in [0, 0.1) is 11.6 Å². The highest BCUT2D eigenvalue weighted by atomic mass is 32.2. The largest absolute Gasteiger partial charge is 0.478 e. The number of carbonyl (C=O) groups is 1. The lowest BCUT2D eigenvalue weighted by Gasteiger charge is -2.16. The fraction of sp³-hybridized carbons (Fsp3) is 0.133. The molecule has 0 heterocycles. The quantitative estimate of drug-likeness (QED) is 0.860. The summed E-state index contributed by atoms with van der Waals surface area (Å²) >= 11 is 0. The minimum Gasteiger partial charge on any atom is -0.478 e. The van der Waals surface area contributed by atoms with Crippen molar-refractivity contribution in [2.24, 2.45) is 0 Å². The maximum atomic E-state index is 13.2. The van der Waals surface area contributed by atoms with Crippen LogP contribution in [-0.2, 0) is 10.0 Å². The van der Waals surface area contributed by atoms with Gasteiger partial charge in [0.05, 0.1) is 16.1 Å². The van der Waals surface area contributed by atoms with Gasteiger partial charge in [0.15, 0.2) is 0 Å². The standard InChI is InChI=1S/C15H14F2N2O4S/c1-19(2)11-3-4-14(13(8-11)15(20)21)18-24(22,23)12-6-9(16)5-10(17)7-12/h3-8,18H,1-2H3,(H,20,21). The Kier molecular flexibility index (Phi) is 4.74. The molecule has 2 N–H and O–H groups in total. The van der Waals surface area contributed by atoms with Gasteiger partial charge in [-0.15, -0.1) is 0 Å². The number of nitrogens with one attached hydrogen (secondary N) is 1. The molecule has 0 saturated carbocycles. The molecule has 128 valence electrons. The average molecular weight is 356 g/mol. The summed E-state index contributed by atoms with van der Waals surface area (Å²) in [5.41, 5.74) is 0.0477. The van der Waals surface area contributed by atoms with E-state index < -0.39 is 32.5 Å². The second-order valence-electron chi connectivity index (χ2n) is 5.14. The highest BCUT2D eigenvalue weighted by Gasteiger charge is 2.20. The van der Waals surface area contributed by atoms with Crippen molar-refractivity contribution in [1.29, 1.82) is 0 Å². The predicted molar refractivity (Wildman–Crippen MR) is 84.9 cm³/mol. The van der Waals surface area contributed by atoms with Crippen molar-refractivity contribution >= 4 is 27.4 Å². The molecule has 0 aromatic heterocycles. The van der Waals surface area contributed by atoms with E-state index in [9.17, 15) is 27.1 Å². The van der Waals surface area contributed by atoms with Gasteiger partial charge in [-0.1, -0.05) is 0 Å². The van der Waals surface area contributed by atoms with Crippen molar-refractivity contribution in [3.63, 3.8) is 0 Å². The number of anilines is 2. The summed E-state index contributed by atoms with van der Waals surface area (Å²) in [5.74, 6) is -3.46. The Morgan fingerprint density at radius 3 is 2.17 bits per heavy atom. The SMILES string of the molecule is CN(C)c1ccc(NS(=O)(=O)c2cc(F)cc(F)c2)c(C(=O)O)c1. The average Bonchev–Trinajstić information content (AvgIpc) is 2.45. The van der Waals surface area contributed by atoms with Gasteiger partial charge in [0, 0.05) is 25.8 Å². The van der Waals surface area contributed by atoms with Crippen molar-refractivity contribution in [2.45, 2.75) is 4.90 Å². The summed E-state index contributed by atoms with van der Waals surface area (Å²) in [6, 6.07) is 5.88. The molecule has 9 heteroatoms. The van der Waals surface area contributed by atoms with Crippen LogP contribution in [0.3, 0.4) is 0 Å². The Labute approximate surface area is 137 Å². The smallest absolute Gasteiger partial charge is 0.337 e. The zero-order valence-corrected chi connectivity index (χ0v) is 13.6. The minimum atomic E-state index is -4.35. The number of aromatic carboxylic acids is 1. The first kappa shape index (κ1) is 17.7. The van der Waals surface area contributed by atoms with Gasteiger partial charge in [-0.05, 0) is 30.3 Å². The van der Waals surface area contributed by atoms with Crippen molar-refractivity contribution in [2.75, 3.05) is 23.7 Å². The fourth-order valence-electron chi connectivity index (χ4n) is 1.96. The summed E-state index contributed by atoms with van der Waals surface area (Å²) in [7, 11) is -0.965. The van der Waals surface area contributed by atoms with E-state index in [-0.39, 0.29) is 11.3 Å². The number of nitrogens with zero attached hydrogens (tertiary/aromatic N) is 1. The lowest BCUT2D eigenvalue weighted by Crippen LogP contribution is -2.17. The van der Waals surface area contributed by atoms with Crippen LogP contribution in [0.5, 0.6) is 0 Å². The Balaban J connectivity index is 2.47. The molecule has 0 atom stereocenters. The van der Waals surface area contributed by atoms with E-state index in [1.54, 1.807) is 19.0 Å². The lowest BCUT2D eigenvalue weighted by atomic mass is 10.1. The molecular weight excluding hydrogens is 342 g/mol. The zero-order valence-electron chi connectivity index (χ0n) is 12.7. The van der Waals surface area contributed by atoms with E-state index in [4.69, 9.17) is 0 Å². The maximum absolute atomic E-state index is 13.2. The fourth-order valence-corrected chi connectivity index (χ4v) is 3.08. The van der Waals surface area contributed by atoms with E-state index in [2.05, 4.69) is 0 Å². The molecule has 0 bridgehead atoms. The topological polar surface area (TPSA) is 86.7 Å². The lowest BCUT2D eigenvalue weighted by molar-refractivity contribution is 0.0698. The van der Waals surface area contributed by atoms with Gasteiger partial charge in [-0.2, -0.15) is 0 Å². The summed E-state index contributed by atoms with van der Waals surface area (Å²) in [4.78, 5) is 12.4. The van der Waals surface area contributed by atoms with E-state index in [0.717, 1.165) is 0 Å². The molecule has 0 spiro atoms. The molecule has 0 amide bonds. The van der Waals surface area contributed by atoms with E-state index >= 15 is 0 Å². The highest BCUT2D eigenvalue weighted by Crippen LogP contribution is 2.25. The number of hydrogen-bond donors (Lipinski definition) is 2. The molecule has 2 rings (SSSR count). The molecule has 0 aliphatic rings. The van der Waals surface area contributed by atoms with Gasteiger partial charge >= 0.3 is 5.97 Å². The Morgan fingerprint density at radius 2 is 1.67 bits per heavy atom. The first-order valence-corrected chi connectivity index (χ1v) is 8.12.